The van der Waals surface area contributed by atoms with E-state index >= 15 is 0 Å². The lowest BCUT2D eigenvalue weighted by Crippen LogP contribution is -2.31. The molecule has 1 unspecified atom stereocenters. The highest BCUT2D eigenvalue weighted by atomic mass is 79.9. The SMILES string of the molecule is CC(C)NCC(Cc1ccc(Br)cc1)Cc1nccs1. The minimum absolute atomic E-state index is 0.527. The van der Waals surface area contributed by atoms with Crippen molar-refractivity contribution in [2.75, 3.05) is 6.54 Å². The fraction of sp³-hybridized carbons (Fsp3) is 0.438. The van der Waals surface area contributed by atoms with Crippen LogP contribution >= 0.6 is 27.3 Å². The molecular weight excluding hydrogens is 332 g/mol. The Kier molecular flexibility index (Phi) is 6.20. The van der Waals surface area contributed by atoms with Gasteiger partial charge in [0.25, 0.3) is 0 Å². The molecule has 0 saturated carbocycles. The summed E-state index contributed by atoms with van der Waals surface area (Å²) in [6.45, 7) is 5.42. The lowest BCUT2D eigenvalue weighted by Gasteiger charge is -2.18. The number of aromatic nitrogens is 1. The average molecular weight is 353 g/mol. The summed E-state index contributed by atoms with van der Waals surface area (Å²) >= 11 is 5.24. The van der Waals surface area contributed by atoms with Gasteiger partial charge in [0.1, 0.15) is 0 Å². The van der Waals surface area contributed by atoms with Crippen LogP contribution in [-0.4, -0.2) is 17.6 Å². The lowest BCUT2D eigenvalue weighted by molar-refractivity contribution is 0.443. The van der Waals surface area contributed by atoms with Crippen molar-refractivity contribution in [1.29, 1.82) is 0 Å². The van der Waals surface area contributed by atoms with Crippen molar-refractivity contribution < 1.29 is 0 Å². The van der Waals surface area contributed by atoms with Crippen molar-refractivity contribution in [2.24, 2.45) is 5.92 Å². The molecule has 1 atom stereocenters. The van der Waals surface area contributed by atoms with Crippen LogP contribution in [0.4, 0.5) is 0 Å². The zero-order valence-corrected chi connectivity index (χ0v) is 14.4. The van der Waals surface area contributed by atoms with Gasteiger partial charge in [-0.25, -0.2) is 4.98 Å². The molecule has 1 heterocycles. The van der Waals surface area contributed by atoms with Crippen LogP contribution in [0.5, 0.6) is 0 Å². The Morgan fingerprint density at radius 2 is 1.95 bits per heavy atom. The van der Waals surface area contributed by atoms with Crippen LogP contribution in [-0.2, 0) is 12.8 Å². The van der Waals surface area contributed by atoms with E-state index in [2.05, 4.69) is 69.7 Å². The molecule has 2 rings (SSSR count). The molecule has 0 aliphatic heterocycles. The Morgan fingerprint density at radius 3 is 2.55 bits per heavy atom. The van der Waals surface area contributed by atoms with Gasteiger partial charge in [0.15, 0.2) is 0 Å². The number of nitrogens with zero attached hydrogens (tertiary/aromatic N) is 1. The summed E-state index contributed by atoms with van der Waals surface area (Å²) in [5.41, 5.74) is 1.39. The largest absolute Gasteiger partial charge is 0.314 e. The standard InChI is InChI=1S/C16H21BrN2S/c1-12(2)19-11-14(10-16-18-7-8-20-16)9-13-3-5-15(17)6-4-13/h3-8,12,14,19H,9-11H2,1-2H3. The molecule has 0 radical (unpaired) electrons. The first-order chi connectivity index (χ1) is 9.63. The molecule has 1 aromatic carbocycles. The zero-order chi connectivity index (χ0) is 14.4. The van der Waals surface area contributed by atoms with Crippen LogP contribution in [0.1, 0.15) is 24.4 Å². The Labute approximate surface area is 133 Å². The van der Waals surface area contributed by atoms with Crippen molar-refractivity contribution in [1.82, 2.24) is 10.3 Å². The van der Waals surface area contributed by atoms with E-state index in [-0.39, 0.29) is 0 Å². The fourth-order valence-electron chi connectivity index (χ4n) is 2.17. The van der Waals surface area contributed by atoms with Crippen LogP contribution in [0.25, 0.3) is 0 Å². The Morgan fingerprint density at radius 1 is 1.20 bits per heavy atom. The van der Waals surface area contributed by atoms with E-state index in [1.165, 1.54) is 10.6 Å². The first-order valence-electron chi connectivity index (χ1n) is 6.99. The zero-order valence-electron chi connectivity index (χ0n) is 12.0. The fourth-order valence-corrected chi connectivity index (χ4v) is 3.17. The van der Waals surface area contributed by atoms with Crippen molar-refractivity contribution in [2.45, 2.75) is 32.7 Å². The predicted molar refractivity (Wildman–Crippen MR) is 90.3 cm³/mol. The van der Waals surface area contributed by atoms with E-state index in [0.717, 1.165) is 23.9 Å². The normalized spacial score (nSPS) is 12.8. The highest BCUT2D eigenvalue weighted by Crippen LogP contribution is 2.18. The maximum absolute atomic E-state index is 4.42. The predicted octanol–water partition coefficient (Wildman–Crippen LogP) is 4.31. The number of hydrogen-bond donors (Lipinski definition) is 1. The lowest BCUT2D eigenvalue weighted by atomic mass is 9.96. The second-order valence-electron chi connectivity index (χ2n) is 5.39. The smallest absolute Gasteiger partial charge is 0.0928 e. The molecule has 108 valence electrons. The Balaban J connectivity index is 1.99. The van der Waals surface area contributed by atoms with Gasteiger partial charge >= 0.3 is 0 Å². The minimum atomic E-state index is 0.527. The summed E-state index contributed by atoms with van der Waals surface area (Å²) in [6.07, 6.45) is 4.03. The first-order valence-corrected chi connectivity index (χ1v) is 8.67. The number of benzene rings is 1. The molecule has 1 aromatic heterocycles. The monoisotopic (exact) mass is 352 g/mol. The molecule has 0 spiro atoms. The van der Waals surface area contributed by atoms with E-state index in [4.69, 9.17) is 0 Å². The van der Waals surface area contributed by atoms with Crippen molar-refractivity contribution in [3.05, 3.63) is 50.9 Å². The number of halogens is 1. The van der Waals surface area contributed by atoms with E-state index in [0.29, 0.717) is 12.0 Å². The summed E-state index contributed by atoms with van der Waals surface area (Å²) in [7, 11) is 0. The van der Waals surface area contributed by atoms with Gasteiger partial charge < -0.3 is 5.32 Å². The maximum Gasteiger partial charge on any atom is 0.0928 e. The molecule has 1 N–H and O–H groups in total. The Hall–Kier alpha value is -0.710. The number of rotatable bonds is 7. The molecule has 0 bridgehead atoms. The van der Waals surface area contributed by atoms with E-state index < -0.39 is 0 Å². The van der Waals surface area contributed by atoms with Crippen LogP contribution < -0.4 is 5.32 Å². The summed E-state index contributed by atoms with van der Waals surface area (Å²) in [5.74, 6) is 0.588. The third kappa shape index (κ3) is 5.35. The number of thiazole rings is 1. The van der Waals surface area contributed by atoms with Gasteiger partial charge in [-0.15, -0.1) is 11.3 Å². The second kappa shape index (κ2) is 7.91. The number of nitrogens with one attached hydrogen (secondary N) is 1. The van der Waals surface area contributed by atoms with E-state index in [1.807, 2.05) is 6.20 Å². The molecule has 4 heteroatoms. The molecule has 0 fully saturated rings. The second-order valence-corrected chi connectivity index (χ2v) is 7.28. The molecule has 2 nitrogen and oxygen atoms in total. The van der Waals surface area contributed by atoms with Gasteiger partial charge in [-0.05, 0) is 36.6 Å². The van der Waals surface area contributed by atoms with Crippen molar-refractivity contribution >= 4 is 27.3 Å². The van der Waals surface area contributed by atoms with Gasteiger partial charge in [0.2, 0.25) is 0 Å². The number of hydrogen-bond acceptors (Lipinski definition) is 3. The molecule has 2 aromatic rings. The van der Waals surface area contributed by atoms with Crippen molar-refractivity contribution in [3.63, 3.8) is 0 Å². The van der Waals surface area contributed by atoms with Gasteiger partial charge in [-0.3, -0.25) is 0 Å². The van der Waals surface area contributed by atoms with Gasteiger partial charge in [-0.2, -0.15) is 0 Å². The van der Waals surface area contributed by atoms with Crippen LogP contribution in [0.15, 0.2) is 40.3 Å². The molecule has 20 heavy (non-hydrogen) atoms. The highest BCUT2D eigenvalue weighted by Gasteiger charge is 2.13. The Bertz CT molecular complexity index is 494. The quantitative estimate of drug-likeness (QED) is 0.803. The molecule has 0 aliphatic carbocycles. The van der Waals surface area contributed by atoms with Crippen LogP contribution in [0.2, 0.25) is 0 Å². The third-order valence-electron chi connectivity index (χ3n) is 3.20. The van der Waals surface area contributed by atoms with Gasteiger partial charge in [0.05, 0.1) is 5.01 Å². The highest BCUT2D eigenvalue weighted by molar-refractivity contribution is 9.10. The van der Waals surface area contributed by atoms with E-state index in [1.54, 1.807) is 11.3 Å². The molecule has 0 saturated heterocycles. The summed E-state index contributed by atoms with van der Waals surface area (Å²) in [4.78, 5) is 4.42. The molecule has 0 amide bonds. The minimum Gasteiger partial charge on any atom is -0.314 e. The van der Waals surface area contributed by atoms with Crippen LogP contribution in [0.3, 0.4) is 0 Å². The van der Waals surface area contributed by atoms with Gasteiger partial charge in [-0.1, -0.05) is 41.9 Å². The first kappa shape index (κ1) is 15.7. The molecule has 0 aliphatic rings. The average Bonchev–Trinajstić information content (AvgIpc) is 2.91. The van der Waals surface area contributed by atoms with Crippen LogP contribution in [0, 0.1) is 5.92 Å². The topological polar surface area (TPSA) is 24.9 Å². The summed E-state index contributed by atoms with van der Waals surface area (Å²) in [6, 6.07) is 9.17. The molecular formula is C16H21BrN2S. The third-order valence-corrected chi connectivity index (χ3v) is 4.53. The maximum atomic E-state index is 4.42. The van der Waals surface area contributed by atoms with Gasteiger partial charge in [0, 0.05) is 28.5 Å². The summed E-state index contributed by atoms with van der Waals surface area (Å²) in [5, 5.41) is 6.85. The van der Waals surface area contributed by atoms with E-state index in [9.17, 15) is 0 Å². The van der Waals surface area contributed by atoms with Crippen molar-refractivity contribution in [3.8, 4) is 0 Å². The summed E-state index contributed by atoms with van der Waals surface area (Å²) < 4.78 is 1.14.